The molecule has 1 amide bonds. The van der Waals surface area contributed by atoms with Gasteiger partial charge in [0.15, 0.2) is 0 Å². The van der Waals surface area contributed by atoms with E-state index in [0.29, 0.717) is 0 Å². The third-order valence-corrected chi connectivity index (χ3v) is 2.13. The molecule has 0 spiro atoms. The predicted octanol–water partition coefficient (Wildman–Crippen LogP) is 0.394. The lowest BCUT2D eigenvalue weighted by Gasteiger charge is -2.19. The van der Waals surface area contributed by atoms with Gasteiger partial charge >= 0.3 is 5.97 Å². The fourth-order valence-electron chi connectivity index (χ4n) is 1.28. The fourth-order valence-corrected chi connectivity index (χ4v) is 1.28. The number of amides is 1. The quantitative estimate of drug-likeness (QED) is 0.796. The number of nitrogens with zero attached hydrogens (tertiary/aromatic N) is 2. The van der Waals surface area contributed by atoms with Crippen molar-refractivity contribution in [3.05, 3.63) is 29.8 Å². The number of rotatable bonds is 6. The van der Waals surface area contributed by atoms with E-state index in [2.05, 4.69) is 4.98 Å². The van der Waals surface area contributed by atoms with Crippen LogP contribution in [-0.2, 0) is 9.53 Å². The van der Waals surface area contributed by atoms with E-state index in [1.807, 2.05) is 0 Å². The minimum Gasteiger partial charge on any atom is -0.480 e. The van der Waals surface area contributed by atoms with Gasteiger partial charge in [0.05, 0.1) is 12.8 Å². The Morgan fingerprint density at radius 3 is 2.72 bits per heavy atom. The summed E-state index contributed by atoms with van der Waals surface area (Å²) in [5.41, 5.74) is -0.00578. The Morgan fingerprint density at radius 2 is 2.22 bits per heavy atom. The number of ether oxygens (including phenoxy) is 1. The van der Waals surface area contributed by atoms with Crippen molar-refractivity contribution in [2.24, 2.45) is 0 Å². The van der Waals surface area contributed by atoms with Crippen molar-refractivity contribution in [3.8, 4) is 0 Å². The van der Waals surface area contributed by atoms with E-state index < -0.39 is 24.2 Å². The minimum absolute atomic E-state index is 0.00578. The fraction of sp³-hybridized carbons (Fsp3) is 0.364. The Kier molecular flexibility index (Phi) is 5.19. The van der Waals surface area contributed by atoms with Crippen LogP contribution in [0.25, 0.3) is 0 Å². The van der Waals surface area contributed by atoms with Crippen LogP contribution in [0.3, 0.4) is 0 Å². The highest BCUT2D eigenvalue weighted by molar-refractivity contribution is 5.94. The van der Waals surface area contributed by atoms with Crippen LogP contribution in [0.4, 0.5) is 4.39 Å². The van der Waals surface area contributed by atoms with Gasteiger partial charge in [0.1, 0.15) is 18.1 Å². The lowest BCUT2D eigenvalue weighted by Crippen LogP contribution is -2.38. The van der Waals surface area contributed by atoms with Gasteiger partial charge in [-0.3, -0.25) is 9.59 Å². The van der Waals surface area contributed by atoms with Gasteiger partial charge in [-0.2, -0.15) is 0 Å². The van der Waals surface area contributed by atoms with Gasteiger partial charge in [-0.05, 0) is 12.1 Å². The van der Waals surface area contributed by atoms with Gasteiger partial charge in [-0.15, -0.1) is 0 Å². The van der Waals surface area contributed by atoms with Crippen LogP contribution in [0, 0.1) is 5.82 Å². The molecule has 0 aliphatic heterocycles. The second kappa shape index (κ2) is 6.65. The van der Waals surface area contributed by atoms with E-state index in [1.54, 1.807) is 0 Å². The minimum atomic E-state index is -1.14. The van der Waals surface area contributed by atoms with Gasteiger partial charge in [0.25, 0.3) is 5.91 Å². The SMILES string of the molecule is COCCN(CC(=O)O)C(=O)c1ccc(F)cn1. The Labute approximate surface area is 103 Å². The number of aliphatic carboxylic acids is 1. The summed E-state index contributed by atoms with van der Waals surface area (Å²) in [6.45, 7) is -0.123. The van der Waals surface area contributed by atoms with Crippen LogP contribution in [0.1, 0.15) is 10.5 Å². The van der Waals surface area contributed by atoms with Crippen molar-refractivity contribution in [1.82, 2.24) is 9.88 Å². The molecule has 7 heteroatoms. The highest BCUT2D eigenvalue weighted by Gasteiger charge is 2.19. The van der Waals surface area contributed by atoms with Crippen molar-refractivity contribution in [2.45, 2.75) is 0 Å². The van der Waals surface area contributed by atoms with Crippen LogP contribution in [0.2, 0.25) is 0 Å². The molecule has 0 atom stereocenters. The molecule has 0 aliphatic rings. The van der Waals surface area contributed by atoms with E-state index in [1.165, 1.54) is 13.2 Å². The number of halogens is 1. The molecule has 0 saturated heterocycles. The number of methoxy groups -OCH3 is 1. The van der Waals surface area contributed by atoms with Crippen molar-refractivity contribution < 1.29 is 23.8 Å². The van der Waals surface area contributed by atoms with Crippen LogP contribution in [-0.4, -0.2) is 53.7 Å². The molecule has 0 aromatic carbocycles. The third-order valence-electron chi connectivity index (χ3n) is 2.13. The Hall–Kier alpha value is -2.02. The van der Waals surface area contributed by atoms with E-state index in [-0.39, 0.29) is 18.8 Å². The summed E-state index contributed by atoms with van der Waals surface area (Å²) in [6.07, 6.45) is 0.905. The first-order valence-corrected chi connectivity index (χ1v) is 5.16. The summed E-state index contributed by atoms with van der Waals surface area (Å²) >= 11 is 0. The number of carbonyl (C=O) groups is 2. The first-order valence-electron chi connectivity index (χ1n) is 5.16. The number of carboxylic acids is 1. The second-order valence-corrected chi connectivity index (χ2v) is 3.47. The van der Waals surface area contributed by atoms with Crippen molar-refractivity contribution in [1.29, 1.82) is 0 Å². The summed E-state index contributed by atoms with van der Waals surface area (Å²) in [7, 11) is 1.44. The highest BCUT2D eigenvalue weighted by Crippen LogP contribution is 2.03. The molecule has 0 radical (unpaired) electrons. The molecule has 0 aliphatic carbocycles. The molecule has 0 unspecified atom stereocenters. The van der Waals surface area contributed by atoms with E-state index >= 15 is 0 Å². The number of carbonyl (C=O) groups excluding carboxylic acids is 1. The molecule has 1 N–H and O–H groups in total. The molecular formula is C11H13FN2O4. The molecule has 1 heterocycles. The number of hydrogen-bond donors (Lipinski definition) is 1. The zero-order chi connectivity index (χ0) is 13.5. The molecule has 98 valence electrons. The third kappa shape index (κ3) is 4.10. The molecule has 0 saturated carbocycles. The Balaban J connectivity index is 2.80. The van der Waals surface area contributed by atoms with Crippen LogP contribution in [0.5, 0.6) is 0 Å². The molecule has 18 heavy (non-hydrogen) atoms. The normalized spacial score (nSPS) is 10.1. The lowest BCUT2D eigenvalue weighted by molar-refractivity contribution is -0.137. The molecule has 0 bridgehead atoms. The first-order chi connectivity index (χ1) is 8.54. The molecule has 0 fully saturated rings. The van der Waals surface area contributed by atoms with Gasteiger partial charge in [-0.25, -0.2) is 9.37 Å². The van der Waals surface area contributed by atoms with Gasteiger partial charge in [-0.1, -0.05) is 0 Å². The second-order valence-electron chi connectivity index (χ2n) is 3.47. The molecular weight excluding hydrogens is 243 g/mol. The van der Waals surface area contributed by atoms with Gasteiger partial charge < -0.3 is 14.7 Å². The lowest BCUT2D eigenvalue weighted by atomic mass is 10.3. The van der Waals surface area contributed by atoms with E-state index in [4.69, 9.17) is 9.84 Å². The van der Waals surface area contributed by atoms with Crippen LogP contribution in [0.15, 0.2) is 18.3 Å². The van der Waals surface area contributed by atoms with E-state index in [0.717, 1.165) is 17.2 Å². The summed E-state index contributed by atoms with van der Waals surface area (Å²) in [5.74, 6) is -2.27. The average molecular weight is 256 g/mol. The standard InChI is InChI=1S/C11H13FN2O4/c1-18-5-4-14(7-10(15)16)11(17)9-3-2-8(12)6-13-9/h2-3,6H,4-5,7H2,1H3,(H,15,16). The van der Waals surface area contributed by atoms with Crippen LogP contribution < -0.4 is 0 Å². The molecule has 1 rings (SSSR count). The predicted molar refractivity (Wildman–Crippen MR) is 59.6 cm³/mol. The number of pyridine rings is 1. The summed E-state index contributed by atoms with van der Waals surface area (Å²) in [5, 5.41) is 8.71. The Morgan fingerprint density at radius 1 is 1.50 bits per heavy atom. The van der Waals surface area contributed by atoms with Gasteiger partial charge in [0.2, 0.25) is 0 Å². The maximum atomic E-state index is 12.7. The molecule has 6 nitrogen and oxygen atoms in total. The average Bonchev–Trinajstić information content (AvgIpc) is 2.34. The summed E-state index contributed by atoms with van der Waals surface area (Å²) in [6, 6.07) is 2.30. The first kappa shape index (κ1) is 14.0. The van der Waals surface area contributed by atoms with Crippen molar-refractivity contribution in [2.75, 3.05) is 26.8 Å². The van der Waals surface area contributed by atoms with Gasteiger partial charge in [0, 0.05) is 13.7 Å². The Bertz CT molecular complexity index is 422. The van der Waals surface area contributed by atoms with Crippen molar-refractivity contribution in [3.63, 3.8) is 0 Å². The van der Waals surface area contributed by atoms with Crippen LogP contribution >= 0.6 is 0 Å². The maximum absolute atomic E-state index is 12.7. The summed E-state index contributed by atoms with van der Waals surface area (Å²) in [4.78, 5) is 27.3. The number of hydrogen-bond acceptors (Lipinski definition) is 4. The molecule has 1 aromatic heterocycles. The number of carboxylic acid groups (broad SMARTS) is 1. The number of aromatic nitrogens is 1. The zero-order valence-corrected chi connectivity index (χ0v) is 9.80. The largest absolute Gasteiger partial charge is 0.480 e. The summed E-state index contributed by atoms with van der Waals surface area (Å²) < 4.78 is 17.5. The zero-order valence-electron chi connectivity index (χ0n) is 9.80. The topological polar surface area (TPSA) is 79.7 Å². The van der Waals surface area contributed by atoms with Crippen molar-refractivity contribution >= 4 is 11.9 Å². The maximum Gasteiger partial charge on any atom is 0.323 e. The molecule has 1 aromatic rings. The van der Waals surface area contributed by atoms with E-state index in [9.17, 15) is 14.0 Å². The highest BCUT2D eigenvalue weighted by atomic mass is 19.1. The smallest absolute Gasteiger partial charge is 0.323 e. The monoisotopic (exact) mass is 256 g/mol.